The molecule has 21 heavy (non-hydrogen) atoms. The van der Waals surface area contributed by atoms with Gasteiger partial charge in [-0.15, -0.1) is 0 Å². The van der Waals surface area contributed by atoms with Gasteiger partial charge in [0.1, 0.15) is 17.5 Å². The molecule has 0 bridgehead atoms. The van der Waals surface area contributed by atoms with Crippen LogP contribution in [0.15, 0.2) is 18.2 Å². The Morgan fingerprint density at radius 2 is 1.67 bits per heavy atom. The first-order valence-corrected chi connectivity index (χ1v) is 6.93. The van der Waals surface area contributed by atoms with Gasteiger partial charge < -0.3 is 10.7 Å². The average molecular weight is 330 g/mol. The van der Waals surface area contributed by atoms with Gasteiger partial charge in [0.05, 0.1) is 10.0 Å². The summed E-state index contributed by atoms with van der Waals surface area (Å²) in [5.41, 5.74) is 2.99. The zero-order chi connectivity index (χ0) is 15.6. The first-order chi connectivity index (χ1) is 9.90. The smallest absolute Gasteiger partial charge is 0.160 e. The molecule has 0 spiro atoms. The molecule has 4 N–H and O–H groups in total. The van der Waals surface area contributed by atoms with Gasteiger partial charge >= 0.3 is 0 Å². The van der Waals surface area contributed by atoms with Crippen LogP contribution in [0, 0.1) is 5.82 Å². The maximum Gasteiger partial charge on any atom is 0.160 e. The maximum atomic E-state index is 13.4. The molecule has 0 radical (unpaired) electrons. The number of hydrogen-bond acceptors (Lipinski definition) is 5. The topological polar surface area (TPSA) is 75.9 Å². The Kier molecular flexibility index (Phi) is 4.82. The summed E-state index contributed by atoms with van der Waals surface area (Å²) in [5.74, 6) is 6.45. The molecule has 1 heterocycles. The van der Waals surface area contributed by atoms with Crippen LogP contribution in [0.4, 0.5) is 21.7 Å². The fourth-order valence-electron chi connectivity index (χ4n) is 1.64. The Hall–Kier alpha value is -1.63. The normalized spacial score (nSPS) is 10.8. The van der Waals surface area contributed by atoms with Crippen LogP contribution in [0.5, 0.6) is 0 Å². The molecular weight excluding hydrogens is 316 g/mol. The fraction of sp³-hybridized carbons (Fsp3) is 0.231. The average Bonchev–Trinajstić information content (AvgIpc) is 2.44. The molecule has 2 aromatic rings. The molecule has 0 aliphatic heterocycles. The number of nitrogens with two attached hydrogens (primary N) is 1. The van der Waals surface area contributed by atoms with Crippen molar-refractivity contribution < 1.29 is 4.39 Å². The summed E-state index contributed by atoms with van der Waals surface area (Å²) in [4.78, 5) is 8.60. The highest BCUT2D eigenvalue weighted by atomic mass is 35.5. The Balaban J connectivity index is 2.37. The predicted octanol–water partition coefficient (Wildman–Crippen LogP) is 4.08. The number of hydrazine groups is 1. The third-order valence-corrected chi connectivity index (χ3v) is 3.21. The van der Waals surface area contributed by atoms with Crippen molar-refractivity contribution in [3.63, 3.8) is 0 Å². The van der Waals surface area contributed by atoms with Gasteiger partial charge in [0.2, 0.25) is 0 Å². The minimum Gasteiger partial charge on any atom is -0.340 e. The highest BCUT2D eigenvalue weighted by Crippen LogP contribution is 2.29. The van der Waals surface area contributed by atoms with Crippen molar-refractivity contribution in [2.75, 3.05) is 10.7 Å². The molecule has 0 fully saturated rings. The predicted molar refractivity (Wildman–Crippen MR) is 83.6 cm³/mol. The zero-order valence-corrected chi connectivity index (χ0v) is 12.9. The van der Waals surface area contributed by atoms with E-state index in [9.17, 15) is 4.39 Å². The summed E-state index contributed by atoms with van der Waals surface area (Å²) >= 11 is 11.5. The van der Waals surface area contributed by atoms with E-state index in [1.165, 1.54) is 12.1 Å². The Bertz CT molecular complexity index is 640. The van der Waals surface area contributed by atoms with Gasteiger partial charge in [-0.25, -0.2) is 20.2 Å². The lowest BCUT2D eigenvalue weighted by Crippen LogP contribution is -2.12. The largest absolute Gasteiger partial charge is 0.340 e. The monoisotopic (exact) mass is 329 g/mol. The summed E-state index contributed by atoms with van der Waals surface area (Å²) in [6, 6.07) is 4.47. The van der Waals surface area contributed by atoms with Crippen molar-refractivity contribution in [3.8, 4) is 0 Å². The maximum absolute atomic E-state index is 13.4. The number of nitrogens with zero attached hydrogens (tertiary/aromatic N) is 2. The van der Waals surface area contributed by atoms with Crippen LogP contribution in [-0.2, 0) is 0 Å². The number of halogens is 3. The van der Waals surface area contributed by atoms with Gasteiger partial charge in [-0.1, -0.05) is 37.0 Å². The van der Waals surface area contributed by atoms with Crippen molar-refractivity contribution in [1.29, 1.82) is 0 Å². The van der Waals surface area contributed by atoms with E-state index in [4.69, 9.17) is 29.0 Å². The summed E-state index contributed by atoms with van der Waals surface area (Å²) in [5, 5.41) is 2.86. The van der Waals surface area contributed by atoms with E-state index in [0.717, 1.165) is 0 Å². The Morgan fingerprint density at radius 1 is 1.10 bits per heavy atom. The van der Waals surface area contributed by atoms with Crippen LogP contribution in [0.25, 0.3) is 0 Å². The van der Waals surface area contributed by atoms with E-state index in [0.29, 0.717) is 23.1 Å². The first kappa shape index (κ1) is 15.8. The molecule has 0 saturated carbocycles. The van der Waals surface area contributed by atoms with Crippen LogP contribution in [0.3, 0.4) is 0 Å². The number of nitrogen functional groups attached to an aromatic ring is 1. The van der Waals surface area contributed by atoms with Crippen LogP contribution < -0.4 is 16.6 Å². The molecule has 0 aliphatic rings. The number of benzene rings is 1. The zero-order valence-electron chi connectivity index (χ0n) is 11.4. The molecular formula is C13H14Cl2FN5. The van der Waals surface area contributed by atoms with Gasteiger partial charge in [0.25, 0.3) is 0 Å². The quantitative estimate of drug-likeness (QED) is 0.447. The van der Waals surface area contributed by atoms with Crippen molar-refractivity contribution in [1.82, 2.24) is 9.97 Å². The lowest BCUT2D eigenvalue weighted by molar-refractivity contribution is 0.629. The van der Waals surface area contributed by atoms with Crippen molar-refractivity contribution in [3.05, 3.63) is 39.9 Å². The molecule has 0 aliphatic carbocycles. The van der Waals surface area contributed by atoms with Gasteiger partial charge in [-0.3, -0.25) is 0 Å². The van der Waals surface area contributed by atoms with E-state index in [1.807, 2.05) is 13.8 Å². The molecule has 8 heteroatoms. The van der Waals surface area contributed by atoms with E-state index >= 15 is 0 Å². The van der Waals surface area contributed by atoms with Crippen LogP contribution >= 0.6 is 23.2 Å². The fourth-order valence-corrected chi connectivity index (χ4v) is 2.12. The highest BCUT2D eigenvalue weighted by Gasteiger charge is 2.11. The molecule has 112 valence electrons. The van der Waals surface area contributed by atoms with Crippen LogP contribution in [-0.4, -0.2) is 9.97 Å². The van der Waals surface area contributed by atoms with Crippen LogP contribution in [0.2, 0.25) is 10.0 Å². The van der Waals surface area contributed by atoms with E-state index in [-0.39, 0.29) is 16.0 Å². The summed E-state index contributed by atoms with van der Waals surface area (Å²) in [6.45, 7) is 3.93. The second kappa shape index (κ2) is 6.43. The highest BCUT2D eigenvalue weighted by molar-refractivity contribution is 6.35. The standard InChI is InChI=1S/C13H14Cl2FN5/c1-6(2)13-19-10(5-11(20-13)21-17)18-7-3-8(14)12(16)9(15)4-7/h3-6H,17H2,1-2H3,(H2,18,19,20,21). The van der Waals surface area contributed by atoms with Gasteiger partial charge in [0, 0.05) is 17.7 Å². The second-order valence-electron chi connectivity index (χ2n) is 4.67. The molecule has 1 aromatic carbocycles. The van der Waals surface area contributed by atoms with E-state index < -0.39 is 5.82 Å². The van der Waals surface area contributed by atoms with E-state index in [2.05, 4.69) is 20.7 Å². The molecule has 0 unspecified atom stereocenters. The molecule has 1 aromatic heterocycles. The summed E-state index contributed by atoms with van der Waals surface area (Å²) in [7, 11) is 0. The van der Waals surface area contributed by atoms with Crippen molar-refractivity contribution >= 4 is 40.5 Å². The number of anilines is 3. The Labute approximate surface area is 131 Å². The second-order valence-corrected chi connectivity index (χ2v) is 5.49. The van der Waals surface area contributed by atoms with Gasteiger partial charge in [-0.2, -0.15) is 0 Å². The van der Waals surface area contributed by atoms with Crippen molar-refractivity contribution in [2.45, 2.75) is 19.8 Å². The lowest BCUT2D eigenvalue weighted by atomic mass is 10.2. The molecule has 0 amide bonds. The minimum absolute atomic E-state index is 0.0692. The number of hydrogen-bond donors (Lipinski definition) is 3. The third kappa shape index (κ3) is 3.72. The lowest BCUT2D eigenvalue weighted by Gasteiger charge is -2.12. The minimum atomic E-state index is -0.654. The molecule has 5 nitrogen and oxygen atoms in total. The van der Waals surface area contributed by atoms with E-state index in [1.54, 1.807) is 6.07 Å². The summed E-state index contributed by atoms with van der Waals surface area (Å²) < 4.78 is 13.4. The Morgan fingerprint density at radius 3 is 2.19 bits per heavy atom. The number of rotatable bonds is 4. The molecule has 0 saturated heterocycles. The van der Waals surface area contributed by atoms with Gasteiger partial charge in [-0.05, 0) is 12.1 Å². The third-order valence-electron chi connectivity index (χ3n) is 2.66. The first-order valence-electron chi connectivity index (χ1n) is 6.18. The molecule has 2 rings (SSSR count). The SMILES string of the molecule is CC(C)c1nc(NN)cc(Nc2cc(Cl)c(F)c(Cl)c2)n1. The molecule has 0 atom stereocenters. The number of nitrogens with one attached hydrogen (secondary N) is 2. The van der Waals surface area contributed by atoms with Crippen molar-refractivity contribution in [2.24, 2.45) is 5.84 Å². The summed E-state index contributed by atoms with van der Waals surface area (Å²) in [6.07, 6.45) is 0. The van der Waals surface area contributed by atoms with Gasteiger partial charge in [0.15, 0.2) is 5.82 Å². The van der Waals surface area contributed by atoms with Crippen LogP contribution in [0.1, 0.15) is 25.6 Å². The number of aromatic nitrogens is 2.